The number of sulfonamides is 1. The highest BCUT2D eigenvalue weighted by Crippen LogP contribution is 2.48. The third-order valence-corrected chi connectivity index (χ3v) is 14.1. The Kier molecular flexibility index (Phi) is 11.7. The maximum atomic E-state index is 15.1. The molecule has 4 aliphatic rings. The SMILES string of the molecule is COc1ccc2c(O[C@@H]3C[C@H]4C(=O)N[C@]5(C(=O)NS(=O)(=O)C6(CF)CC6)C[C@H]5/C=C\CC[C@H](C)C[C@@H](C)[C@H](N(C(=O)O)C(C)(C)C)C(=O)N4C3)nc(N(C)C)nc2c1. The van der Waals surface area contributed by atoms with Crippen LogP contribution in [0.4, 0.5) is 15.1 Å². The van der Waals surface area contributed by atoms with E-state index in [1.807, 2.05) is 19.9 Å². The van der Waals surface area contributed by atoms with Gasteiger partial charge in [0, 0.05) is 38.0 Å². The number of rotatable bonds is 9. The van der Waals surface area contributed by atoms with Gasteiger partial charge in [0.25, 0.3) is 5.91 Å². The second-order valence-corrected chi connectivity index (χ2v) is 19.8. The molecular weight excluding hydrogens is 774 g/mol. The summed E-state index contributed by atoms with van der Waals surface area (Å²) in [7, 11) is 0.660. The third kappa shape index (κ3) is 8.25. The molecule has 0 radical (unpaired) electrons. The Morgan fingerprint density at radius 2 is 1.84 bits per heavy atom. The summed E-state index contributed by atoms with van der Waals surface area (Å²) in [5.41, 5.74) is -2.18. The van der Waals surface area contributed by atoms with Crippen molar-refractivity contribution in [1.82, 2.24) is 29.8 Å². The quantitative estimate of drug-likeness (QED) is 0.307. The number of amides is 4. The normalized spacial score (nSPS) is 29.2. The van der Waals surface area contributed by atoms with Crippen LogP contribution in [0.15, 0.2) is 30.4 Å². The predicted molar refractivity (Wildman–Crippen MR) is 214 cm³/mol. The van der Waals surface area contributed by atoms with Gasteiger partial charge in [-0.15, -0.1) is 0 Å². The van der Waals surface area contributed by atoms with Crippen LogP contribution in [0.2, 0.25) is 0 Å². The minimum Gasteiger partial charge on any atom is -0.497 e. The van der Waals surface area contributed by atoms with Gasteiger partial charge in [0.1, 0.15) is 40.9 Å². The number of fused-ring (bicyclic) bond motifs is 3. The van der Waals surface area contributed by atoms with E-state index in [9.17, 15) is 32.3 Å². The van der Waals surface area contributed by atoms with E-state index in [0.29, 0.717) is 41.9 Å². The van der Waals surface area contributed by atoms with Gasteiger partial charge in [-0.1, -0.05) is 26.0 Å². The van der Waals surface area contributed by atoms with Gasteiger partial charge < -0.3 is 29.7 Å². The van der Waals surface area contributed by atoms with Crippen LogP contribution >= 0.6 is 0 Å². The van der Waals surface area contributed by atoms with Crippen molar-refractivity contribution in [2.75, 3.05) is 39.3 Å². The first-order valence-corrected chi connectivity index (χ1v) is 21.3. The van der Waals surface area contributed by atoms with Crippen molar-refractivity contribution in [3.8, 4) is 11.6 Å². The molecule has 58 heavy (non-hydrogen) atoms. The van der Waals surface area contributed by atoms with Gasteiger partial charge in [-0.05, 0) is 83.3 Å². The zero-order valence-corrected chi connectivity index (χ0v) is 35.3. The fourth-order valence-corrected chi connectivity index (χ4v) is 9.79. The molecule has 0 bridgehead atoms. The summed E-state index contributed by atoms with van der Waals surface area (Å²) in [4.78, 5) is 70.3. The van der Waals surface area contributed by atoms with Gasteiger partial charge in [-0.2, -0.15) is 4.98 Å². The molecule has 0 unspecified atom stereocenters. The molecule has 3 fully saturated rings. The van der Waals surface area contributed by atoms with Gasteiger partial charge >= 0.3 is 6.09 Å². The van der Waals surface area contributed by atoms with Crippen molar-refractivity contribution in [3.63, 3.8) is 0 Å². The summed E-state index contributed by atoms with van der Waals surface area (Å²) in [6.45, 7) is 7.72. The Morgan fingerprint density at radius 3 is 2.45 bits per heavy atom. The summed E-state index contributed by atoms with van der Waals surface area (Å²) in [6.07, 6.45) is 3.48. The number of methoxy groups -OCH3 is 1. The average Bonchev–Trinajstić information content (AvgIpc) is 4.05. The van der Waals surface area contributed by atoms with Crippen LogP contribution in [0.1, 0.15) is 79.6 Å². The maximum Gasteiger partial charge on any atom is 0.408 e. The number of benzene rings is 1. The third-order valence-electron chi connectivity index (χ3n) is 12.0. The van der Waals surface area contributed by atoms with Gasteiger partial charge in [-0.25, -0.2) is 22.6 Å². The van der Waals surface area contributed by atoms with Crippen LogP contribution in [0.3, 0.4) is 0 Å². The number of alkyl halides is 1. The highest BCUT2D eigenvalue weighted by molar-refractivity contribution is 7.91. The van der Waals surface area contributed by atoms with Gasteiger partial charge in [0.05, 0.1) is 24.6 Å². The summed E-state index contributed by atoms with van der Waals surface area (Å²) >= 11 is 0. The zero-order valence-electron chi connectivity index (χ0n) is 34.5. The Hall–Kier alpha value is -4.74. The summed E-state index contributed by atoms with van der Waals surface area (Å²) in [5.74, 6) is -2.23. The highest BCUT2D eigenvalue weighted by Gasteiger charge is 2.64. The monoisotopic (exact) mass is 829 g/mol. The average molecular weight is 830 g/mol. The predicted octanol–water partition coefficient (Wildman–Crippen LogP) is 4.04. The lowest BCUT2D eigenvalue weighted by atomic mass is 9.85. The molecule has 18 heteroatoms. The van der Waals surface area contributed by atoms with Gasteiger partial charge in [-0.3, -0.25) is 24.0 Å². The van der Waals surface area contributed by atoms with E-state index in [-0.39, 0.29) is 44.0 Å². The lowest BCUT2D eigenvalue weighted by molar-refractivity contribution is -0.146. The maximum absolute atomic E-state index is 15.1. The number of nitrogens with one attached hydrogen (secondary N) is 2. The first-order chi connectivity index (χ1) is 27.2. The van der Waals surface area contributed by atoms with Crippen molar-refractivity contribution < 1.29 is 46.6 Å². The number of nitrogens with zero attached hydrogens (tertiary/aromatic N) is 5. The fourth-order valence-electron chi connectivity index (χ4n) is 8.36. The molecule has 7 atom stereocenters. The van der Waals surface area contributed by atoms with Crippen LogP contribution in [0.5, 0.6) is 11.6 Å². The summed E-state index contributed by atoms with van der Waals surface area (Å²) in [6, 6.07) is 2.74. The summed E-state index contributed by atoms with van der Waals surface area (Å²) in [5, 5.41) is 14.0. The standard InChI is InChI=1S/C40H56FN7O9S/c1-23-11-9-10-12-25-20-40(25,35(51)45-58(54,55)39(22-41)15-16-39)44-32(49)30-19-27(21-47(30)34(50)31(24(2)17-23)48(37(52)53)38(3,4)5)57-33-28-14-13-26(56-8)18-29(28)42-36(43-33)46(6)7/h10,12-14,18,23-25,27,30-31H,9,11,15-17,19-22H2,1-8H3,(H,44,49)(H,45,51)(H,52,53)/b12-10-/t23-,24+,25+,27+,30-,31-,40+/m0/s1. The van der Waals surface area contributed by atoms with E-state index in [4.69, 9.17) is 9.47 Å². The number of allylic oxidation sites excluding steroid dienone is 1. The van der Waals surface area contributed by atoms with Crippen LogP contribution in [-0.2, 0) is 24.4 Å². The molecule has 6 rings (SSSR count). The van der Waals surface area contributed by atoms with E-state index < -0.39 is 86.4 Å². The molecule has 2 aliphatic heterocycles. The number of hydrogen-bond acceptors (Lipinski definition) is 11. The van der Waals surface area contributed by atoms with Crippen LogP contribution in [-0.4, -0.2) is 126 Å². The van der Waals surface area contributed by atoms with E-state index >= 15 is 4.79 Å². The topological polar surface area (TPSA) is 201 Å². The van der Waals surface area contributed by atoms with E-state index in [2.05, 4.69) is 20.0 Å². The smallest absolute Gasteiger partial charge is 0.408 e. The zero-order chi connectivity index (χ0) is 42.5. The number of aromatic nitrogens is 2. The van der Waals surface area contributed by atoms with Gasteiger partial charge in [0.2, 0.25) is 33.7 Å². The summed E-state index contributed by atoms with van der Waals surface area (Å²) < 4.78 is 52.7. The number of carbonyl (C=O) groups is 4. The molecule has 1 saturated heterocycles. The lowest BCUT2D eigenvalue weighted by Crippen LogP contribution is -2.62. The van der Waals surface area contributed by atoms with E-state index in [1.54, 1.807) is 64.0 Å². The fraction of sp³-hybridized carbons (Fsp3) is 0.650. The van der Waals surface area contributed by atoms with Gasteiger partial charge in [0.15, 0.2) is 0 Å². The second kappa shape index (κ2) is 15.8. The molecule has 1 aromatic carbocycles. The number of carboxylic acid groups (broad SMARTS) is 1. The molecule has 2 aliphatic carbocycles. The van der Waals surface area contributed by atoms with Crippen molar-refractivity contribution in [1.29, 1.82) is 0 Å². The number of anilines is 1. The molecule has 0 spiro atoms. The van der Waals surface area contributed by atoms with Crippen molar-refractivity contribution in [2.24, 2.45) is 17.8 Å². The van der Waals surface area contributed by atoms with Crippen LogP contribution < -0.4 is 24.4 Å². The highest BCUT2D eigenvalue weighted by atomic mass is 32.2. The van der Waals surface area contributed by atoms with E-state index in [1.165, 1.54) is 12.0 Å². The first-order valence-electron chi connectivity index (χ1n) is 19.8. The first kappa shape index (κ1) is 42.9. The van der Waals surface area contributed by atoms with Crippen molar-refractivity contribution >= 4 is 50.7 Å². The Labute approximate surface area is 338 Å². The Balaban J connectivity index is 1.42. The molecule has 2 aromatic rings. The molecule has 318 valence electrons. The largest absolute Gasteiger partial charge is 0.497 e. The number of hydrogen-bond donors (Lipinski definition) is 3. The molecule has 4 amide bonds. The molecule has 1 aromatic heterocycles. The van der Waals surface area contributed by atoms with Crippen molar-refractivity contribution in [2.45, 2.75) is 114 Å². The second-order valence-electron chi connectivity index (χ2n) is 17.7. The molecule has 16 nitrogen and oxygen atoms in total. The molecular formula is C40H56FN7O9S. The Morgan fingerprint density at radius 1 is 1.14 bits per heavy atom. The number of ether oxygens (including phenoxy) is 2. The minimum absolute atomic E-state index is 0.0595. The number of carbonyl (C=O) groups excluding carboxylic acids is 3. The Bertz CT molecular complexity index is 2090. The van der Waals surface area contributed by atoms with Crippen LogP contribution in [0.25, 0.3) is 10.9 Å². The van der Waals surface area contributed by atoms with Crippen molar-refractivity contribution in [3.05, 3.63) is 30.4 Å². The molecule has 3 N–H and O–H groups in total. The minimum atomic E-state index is -4.42. The lowest BCUT2D eigenvalue weighted by Gasteiger charge is -2.43. The molecule has 3 heterocycles. The number of halogens is 1. The van der Waals surface area contributed by atoms with E-state index in [0.717, 1.165) is 4.90 Å². The van der Waals surface area contributed by atoms with Crippen LogP contribution in [0, 0.1) is 17.8 Å². The molecule has 2 saturated carbocycles.